The predicted octanol–water partition coefficient (Wildman–Crippen LogP) is -0.360. The number of nitrogens with one attached hydrogen (secondary N) is 1. The second-order valence-electron chi connectivity index (χ2n) is 5.93. The Hall–Kier alpha value is -2.12. The number of rotatable bonds is 4. The predicted molar refractivity (Wildman–Crippen MR) is 71.3 cm³/mol. The number of likely N-dealkylation sites (tertiary alicyclic amines) is 1. The highest BCUT2D eigenvalue weighted by Gasteiger charge is 2.44. The molecule has 0 saturated carbocycles. The molecule has 0 radical (unpaired) electrons. The van der Waals surface area contributed by atoms with Gasteiger partial charge in [-0.2, -0.15) is 0 Å². The minimum Gasteiger partial charge on any atom is -0.481 e. The summed E-state index contributed by atoms with van der Waals surface area (Å²) in [7, 11) is 0. The molecule has 0 aliphatic carbocycles. The van der Waals surface area contributed by atoms with Crippen LogP contribution < -0.4 is 5.32 Å². The molecule has 0 aromatic carbocycles. The van der Waals surface area contributed by atoms with E-state index in [0.29, 0.717) is 13.0 Å². The third kappa shape index (κ3) is 2.98. The van der Waals surface area contributed by atoms with E-state index in [-0.39, 0.29) is 31.3 Å². The molecule has 116 valence electrons. The molecule has 1 atom stereocenters. The molecule has 1 unspecified atom stereocenters. The van der Waals surface area contributed by atoms with Gasteiger partial charge in [-0.25, -0.2) is 4.79 Å². The number of aliphatic carboxylic acids is 1. The number of amides is 4. The van der Waals surface area contributed by atoms with Gasteiger partial charge in [0.05, 0.1) is 5.92 Å². The topological polar surface area (TPSA) is 107 Å². The fourth-order valence-corrected chi connectivity index (χ4v) is 2.57. The molecule has 8 nitrogen and oxygen atoms in total. The van der Waals surface area contributed by atoms with Gasteiger partial charge in [0, 0.05) is 26.1 Å². The van der Waals surface area contributed by atoms with E-state index in [0.717, 1.165) is 4.90 Å². The highest BCUT2D eigenvalue weighted by Crippen LogP contribution is 2.19. The molecule has 2 N–H and O–H groups in total. The number of carboxylic acids is 1. The Balaban J connectivity index is 1.87. The van der Waals surface area contributed by atoms with Crippen molar-refractivity contribution in [3.05, 3.63) is 0 Å². The van der Waals surface area contributed by atoms with Crippen LogP contribution in [0.25, 0.3) is 0 Å². The lowest BCUT2D eigenvalue weighted by atomic mass is 10.1. The van der Waals surface area contributed by atoms with E-state index >= 15 is 0 Å². The number of carbonyl (C=O) groups is 4. The molecule has 4 amide bonds. The molecule has 2 fully saturated rings. The molecule has 0 spiro atoms. The van der Waals surface area contributed by atoms with Gasteiger partial charge in [-0.05, 0) is 20.3 Å². The van der Waals surface area contributed by atoms with Crippen LogP contribution in [0.3, 0.4) is 0 Å². The molecule has 2 heterocycles. The summed E-state index contributed by atoms with van der Waals surface area (Å²) in [6.45, 7) is 3.82. The minimum atomic E-state index is -0.942. The van der Waals surface area contributed by atoms with E-state index in [1.165, 1.54) is 4.90 Å². The van der Waals surface area contributed by atoms with Crippen LogP contribution in [-0.2, 0) is 14.4 Å². The molecule has 2 saturated heterocycles. The second-order valence-corrected chi connectivity index (χ2v) is 5.93. The number of urea groups is 1. The van der Waals surface area contributed by atoms with Crippen LogP contribution in [-0.4, -0.2) is 63.9 Å². The zero-order valence-electron chi connectivity index (χ0n) is 12.1. The van der Waals surface area contributed by atoms with E-state index in [2.05, 4.69) is 5.32 Å². The third-order valence-electron chi connectivity index (χ3n) is 3.88. The number of carboxylic acid groups (broad SMARTS) is 1. The minimum absolute atomic E-state index is 0.0150. The third-order valence-corrected chi connectivity index (χ3v) is 3.88. The van der Waals surface area contributed by atoms with Gasteiger partial charge in [0.25, 0.3) is 5.91 Å². The van der Waals surface area contributed by atoms with Crippen LogP contribution in [0.5, 0.6) is 0 Å². The average Bonchev–Trinajstić information content (AvgIpc) is 2.93. The van der Waals surface area contributed by atoms with Gasteiger partial charge in [0.2, 0.25) is 5.91 Å². The Morgan fingerprint density at radius 3 is 2.52 bits per heavy atom. The molecule has 0 aromatic rings. The standard InChI is InChI=1S/C13H19N3O5/c1-13(2)11(20)16(12(21)14-13)6-4-9(17)15-5-3-8(7-15)10(18)19/h8H,3-7H2,1-2H3,(H,14,21)(H,18,19). The maximum absolute atomic E-state index is 12.0. The summed E-state index contributed by atoms with van der Waals surface area (Å²) in [5.41, 5.74) is -0.942. The van der Waals surface area contributed by atoms with Crippen LogP contribution in [0, 0.1) is 5.92 Å². The SMILES string of the molecule is CC1(C)NC(=O)N(CCC(=O)N2CCC(C(=O)O)C2)C1=O. The largest absolute Gasteiger partial charge is 0.481 e. The number of imide groups is 1. The highest BCUT2D eigenvalue weighted by molar-refractivity contribution is 6.06. The molecular formula is C13H19N3O5. The summed E-state index contributed by atoms with van der Waals surface area (Å²) >= 11 is 0. The second kappa shape index (κ2) is 5.34. The summed E-state index contributed by atoms with van der Waals surface area (Å²) in [5, 5.41) is 11.4. The first kappa shape index (κ1) is 15.3. The van der Waals surface area contributed by atoms with Crippen molar-refractivity contribution in [2.24, 2.45) is 5.92 Å². The van der Waals surface area contributed by atoms with Crippen LogP contribution in [0.2, 0.25) is 0 Å². The van der Waals surface area contributed by atoms with E-state index in [9.17, 15) is 19.2 Å². The van der Waals surface area contributed by atoms with E-state index in [4.69, 9.17) is 5.11 Å². The monoisotopic (exact) mass is 297 g/mol. The van der Waals surface area contributed by atoms with Gasteiger partial charge in [-0.1, -0.05) is 0 Å². The Morgan fingerprint density at radius 2 is 2.05 bits per heavy atom. The Bertz CT molecular complexity index is 502. The molecule has 8 heteroatoms. The fraction of sp³-hybridized carbons (Fsp3) is 0.692. The van der Waals surface area contributed by atoms with Crippen molar-refractivity contribution in [3.63, 3.8) is 0 Å². The molecule has 2 aliphatic heterocycles. The lowest BCUT2D eigenvalue weighted by Crippen LogP contribution is -2.41. The van der Waals surface area contributed by atoms with E-state index in [1.807, 2.05) is 0 Å². The lowest BCUT2D eigenvalue weighted by Gasteiger charge is -2.19. The van der Waals surface area contributed by atoms with Gasteiger partial charge in [-0.3, -0.25) is 19.3 Å². The van der Waals surface area contributed by atoms with E-state index in [1.54, 1.807) is 13.8 Å². The van der Waals surface area contributed by atoms with Crippen LogP contribution in [0.15, 0.2) is 0 Å². The molecular weight excluding hydrogens is 278 g/mol. The van der Waals surface area contributed by atoms with Crippen molar-refractivity contribution in [1.29, 1.82) is 0 Å². The quantitative estimate of drug-likeness (QED) is 0.689. The first-order chi connectivity index (χ1) is 9.72. The number of carbonyl (C=O) groups excluding carboxylic acids is 3. The highest BCUT2D eigenvalue weighted by atomic mass is 16.4. The molecule has 2 rings (SSSR count). The zero-order valence-corrected chi connectivity index (χ0v) is 12.1. The van der Waals surface area contributed by atoms with Crippen LogP contribution in [0.1, 0.15) is 26.7 Å². The molecule has 0 bridgehead atoms. The summed E-state index contributed by atoms with van der Waals surface area (Å²) < 4.78 is 0. The van der Waals surface area contributed by atoms with Crippen LogP contribution >= 0.6 is 0 Å². The van der Waals surface area contributed by atoms with Crippen LogP contribution in [0.4, 0.5) is 4.79 Å². The normalized spacial score (nSPS) is 24.4. The molecule has 0 aromatic heterocycles. The van der Waals surface area contributed by atoms with Crippen molar-refractivity contribution in [2.45, 2.75) is 32.2 Å². The van der Waals surface area contributed by atoms with E-state index < -0.39 is 23.5 Å². The van der Waals surface area contributed by atoms with Gasteiger partial charge < -0.3 is 15.3 Å². The van der Waals surface area contributed by atoms with Crippen molar-refractivity contribution in [2.75, 3.05) is 19.6 Å². The maximum atomic E-state index is 12.0. The Labute approximate surface area is 122 Å². The lowest BCUT2D eigenvalue weighted by molar-refractivity contribution is -0.141. The molecule has 2 aliphatic rings. The number of hydrogen-bond donors (Lipinski definition) is 2. The average molecular weight is 297 g/mol. The maximum Gasteiger partial charge on any atom is 0.325 e. The van der Waals surface area contributed by atoms with Gasteiger partial charge in [-0.15, -0.1) is 0 Å². The van der Waals surface area contributed by atoms with Crippen molar-refractivity contribution >= 4 is 23.8 Å². The summed E-state index contributed by atoms with van der Waals surface area (Å²) in [4.78, 5) is 49.0. The number of nitrogens with zero attached hydrogens (tertiary/aromatic N) is 2. The summed E-state index contributed by atoms with van der Waals surface area (Å²) in [5.74, 6) is -2.01. The summed E-state index contributed by atoms with van der Waals surface area (Å²) in [6, 6.07) is -0.498. The van der Waals surface area contributed by atoms with Crippen molar-refractivity contribution in [3.8, 4) is 0 Å². The smallest absolute Gasteiger partial charge is 0.325 e. The number of hydrogen-bond acceptors (Lipinski definition) is 4. The fourth-order valence-electron chi connectivity index (χ4n) is 2.57. The first-order valence-corrected chi connectivity index (χ1v) is 6.87. The van der Waals surface area contributed by atoms with Gasteiger partial charge in [0.15, 0.2) is 0 Å². The molecule has 21 heavy (non-hydrogen) atoms. The van der Waals surface area contributed by atoms with Crippen molar-refractivity contribution in [1.82, 2.24) is 15.1 Å². The van der Waals surface area contributed by atoms with Gasteiger partial charge in [0.1, 0.15) is 5.54 Å². The first-order valence-electron chi connectivity index (χ1n) is 6.87. The van der Waals surface area contributed by atoms with Crippen molar-refractivity contribution < 1.29 is 24.3 Å². The Morgan fingerprint density at radius 1 is 1.38 bits per heavy atom. The van der Waals surface area contributed by atoms with Gasteiger partial charge >= 0.3 is 12.0 Å². The zero-order chi connectivity index (χ0) is 15.8. The summed E-state index contributed by atoms with van der Waals surface area (Å²) in [6.07, 6.45) is 0.457. The Kier molecular flexibility index (Phi) is 3.89.